The minimum atomic E-state index is -1.25. The van der Waals surface area contributed by atoms with E-state index < -0.39 is 18.0 Å². The lowest BCUT2D eigenvalue weighted by atomic mass is 9.84. The molecule has 0 aromatic heterocycles. The Morgan fingerprint density at radius 3 is 2.19 bits per heavy atom. The Bertz CT molecular complexity index is 1710. The summed E-state index contributed by atoms with van der Waals surface area (Å²) in [6.07, 6.45) is 0. The summed E-state index contributed by atoms with van der Waals surface area (Å²) < 4.78 is 12.1. The van der Waals surface area contributed by atoms with Crippen molar-refractivity contribution in [1.82, 2.24) is 9.55 Å². The molecule has 2 aliphatic heterocycles. The van der Waals surface area contributed by atoms with E-state index in [-0.39, 0.29) is 16.9 Å². The molecule has 1 unspecified atom stereocenters. The zero-order chi connectivity index (χ0) is 25.0. The minimum absolute atomic E-state index is 0.0651. The Morgan fingerprint density at radius 1 is 0.806 bits per heavy atom. The maximum absolute atomic E-state index is 14.1. The Kier molecular flexibility index (Phi) is 4.93. The Morgan fingerprint density at radius 2 is 1.47 bits per heavy atom. The lowest BCUT2D eigenvalue weighted by Crippen LogP contribution is -2.33. The van der Waals surface area contributed by atoms with Gasteiger partial charge < -0.3 is 14.0 Å². The standard InChI is InChI=1S/C29H20N2O5/c1-35-28(33)23-22(27(32)16-10-4-3-5-11-16)21-17-12-6-7-13-18(17)24-25(21)31(26(23)29(34)36-2)20-15-9-8-14-19(20)30-24/h3-15,26H,1-2H3. The van der Waals surface area contributed by atoms with Gasteiger partial charge in [0.15, 0.2) is 11.8 Å². The van der Waals surface area contributed by atoms with Crippen molar-refractivity contribution in [1.29, 1.82) is 0 Å². The molecule has 7 nitrogen and oxygen atoms in total. The van der Waals surface area contributed by atoms with Gasteiger partial charge in [0.2, 0.25) is 0 Å². The largest absolute Gasteiger partial charge is 0.467 e. The zero-order valence-corrected chi connectivity index (χ0v) is 19.5. The summed E-state index contributed by atoms with van der Waals surface area (Å²) in [5.74, 6) is -1.85. The molecular weight excluding hydrogens is 456 g/mol. The fraction of sp³-hybridized carbons (Fsp3) is 0.103. The van der Waals surface area contributed by atoms with Crippen molar-refractivity contribution in [3.05, 3.63) is 95.6 Å². The number of benzene rings is 3. The third-order valence-electron chi connectivity index (χ3n) is 6.67. The molecule has 3 aromatic carbocycles. The Labute approximate surface area is 205 Å². The number of Topliss-reactive ketones (excluding diaryl/α,β-unsaturated/α-hetero) is 1. The lowest BCUT2D eigenvalue weighted by molar-refractivity contribution is -0.146. The predicted molar refractivity (Wildman–Crippen MR) is 135 cm³/mol. The second-order valence-electron chi connectivity index (χ2n) is 8.49. The fourth-order valence-electron chi connectivity index (χ4n) is 5.18. The summed E-state index contributed by atoms with van der Waals surface area (Å²) in [5, 5.41) is 1.57. The van der Waals surface area contributed by atoms with Crippen LogP contribution in [0.3, 0.4) is 0 Å². The van der Waals surface area contributed by atoms with Gasteiger partial charge in [-0.15, -0.1) is 0 Å². The maximum atomic E-state index is 14.1. The summed E-state index contributed by atoms with van der Waals surface area (Å²) in [5.41, 5.74) is 3.49. The molecule has 0 spiro atoms. The molecule has 3 aromatic rings. The van der Waals surface area contributed by atoms with Crippen LogP contribution in [-0.2, 0) is 19.1 Å². The van der Waals surface area contributed by atoms with Crippen LogP contribution < -0.4 is 0 Å². The monoisotopic (exact) mass is 476 g/mol. The van der Waals surface area contributed by atoms with Crippen molar-refractivity contribution in [2.24, 2.45) is 0 Å². The number of methoxy groups -OCH3 is 2. The normalized spacial score (nSPS) is 14.9. The number of carbonyl (C=O) groups is 3. The highest BCUT2D eigenvalue weighted by Gasteiger charge is 2.45. The molecule has 7 heteroatoms. The van der Waals surface area contributed by atoms with E-state index in [0.29, 0.717) is 33.5 Å². The zero-order valence-electron chi connectivity index (χ0n) is 19.5. The van der Waals surface area contributed by atoms with Gasteiger partial charge >= 0.3 is 11.9 Å². The van der Waals surface area contributed by atoms with Gasteiger partial charge in [-0.1, -0.05) is 66.7 Å². The molecule has 0 amide bonds. The number of rotatable bonds is 4. The first-order valence-corrected chi connectivity index (χ1v) is 11.4. The number of nitrogens with zero attached hydrogens (tertiary/aromatic N) is 2. The third-order valence-corrected chi connectivity index (χ3v) is 6.67. The van der Waals surface area contributed by atoms with E-state index in [1.54, 1.807) is 28.8 Å². The number of para-hydroxylation sites is 2. The van der Waals surface area contributed by atoms with Crippen molar-refractivity contribution in [2.75, 3.05) is 14.2 Å². The molecule has 2 heterocycles. The molecule has 1 atom stereocenters. The number of carbonyl (C=O) groups excluding carboxylic acids is 3. The van der Waals surface area contributed by atoms with Gasteiger partial charge in [0.25, 0.3) is 0 Å². The topological polar surface area (TPSA) is 87.5 Å². The number of ether oxygens (including phenoxy) is 2. The summed E-state index contributed by atoms with van der Waals surface area (Å²) in [7, 11) is 2.49. The van der Waals surface area contributed by atoms with Crippen LogP contribution in [0.25, 0.3) is 38.8 Å². The molecule has 36 heavy (non-hydrogen) atoms. The maximum Gasteiger partial charge on any atom is 0.337 e. The number of ketones is 1. The first-order chi connectivity index (χ1) is 17.6. The van der Waals surface area contributed by atoms with Crippen molar-refractivity contribution >= 4 is 45.1 Å². The van der Waals surface area contributed by atoms with Crippen LogP contribution in [0, 0.1) is 0 Å². The van der Waals surface area contributed by atoms with E-state index >= 15 is 0 Å². The average molecular weight is 476 g/mol. The van der Waals surface area contributed by atoms with E-state index in [2.05, 4.69) is 0 Å². The van der Waals surface area contributed by atoms with Crippen molar-refractivity contribution in [3.63, 3.8) is 0 Å². The van der Waals surface area contributed by atoms with Crippen molar-refractivity contribution in [3.8, 4) is 11.4 Å². The number of allylic oxidation sites excluding steroid dienone is 1. The highest BCUT2D eigenvalue weighted by Crippen LogP contribution is 2.50. The van der Waals surface area contributed by atoms with Crippen LogP contribution in [0.4, 0.5) is 0 Å². The van der Waals surface area contributed by atoms with E-state index in [1.165, 1.54) is 14.2 Å². The van der Waals surface area contributed by atoms with Crippen LogP contribution in [0.15, 0.2) is 84.4 Å². The molecule has 0 N–H and O–H groups in total. The number of esters is 2. The van der Waals surface area contributed by atoms with Crippen LogP contribution >= 0.6 is 0 Å². The van der Waals surface area contributed by atoms with E-state index in [9.17, 15) is 14.4 Å². The number of aromatic nitrogens is 2. The molecule has 0 saturated carbocycles. The second-order valence-corrected chi connectivity index (χ2v) is 8.49. The molecule has 0 bridgehead atoms. The smallest absolute Gasteiger partial charge is 0.337 e. The second kappa shape index (κ2) is 8.16. The Balaban J connectivity index is 1.86. The molecule has 0 saturated heterocycles. The molecule has 176 valence electrons. The molecular formula is C29H20N2O5. The summed E-state index contributed by atoms with van der Waals surface area (Å²) >= 11 is 0. The SMILES string of the molecule is COC(=O)C1=C(C(=O)c2ccccc2)c2c3n(c4ccccc4nc-3c3ccccc23)C1C(=O)OC. The number of hydrogen-bond acceptors (Lipinski definition) is 6. The molecule has 0 fully saturated rings. The first-order valence-electron chi connectivity index (χ1n) is 11.4. The van der Waals surface area contributed by atoms with Crippen molar-refractivity contribution in [2.45, 2.75) is 6.04 Å². The average Bonchev–Trinajstić information content (AvgIpc) is 3.26. The Hall–Kier alpha value is -4.78. The fourth-order valence-corrected chi connectivity index (χ4v) is 5.18. The third kappa shape index (κ3) is 2.92. The molecule has 3 aliphatic rings. The van der Waals surface area contributed by atoms with Crippen LogP contribution in [0.5, 0.6) is 0 Å². The lowest BCUT2D eigenvalue weighted by Gasteiger charge is -2.31. The van der Waals surface area contributed by atoms with Crippen LogP contribution in [0.2, 0.25) is 0 Å². The van der Waals surface area contributed by atoms with Gasteiger partial charge in [0.05, 0.1) is 42.2 Å². The number of fused-ring (bicyclic) bond motifs is 5. The van der Waals surface area contributed by atoms with E-state index in [1.807, 2.05) is 54.6 Å². The summed E-state index contributed by atoms with van der Waals surface area (Å²) in [4.78, 5) is 45.8. The van der Waals surface area contributed by atoms with E-state index in [0.717, 1.165) is 10.8 Å². The molecule has 0 radical (unpaired) electrons. The van der Waals surface area contributed by atoms with Gasteiger partial charge in [0.1, 0.15) is 0 Å². The van der Waals surface area contributed by atoms with Gasteiger partial charge in [0, 0.05) is 22.1 Å². The van der Waals surface area contributed by atoms with Gasteiger partial charge in [-0.05, 0) is 17.5 Å². The van der Waals surface area contributed by atoms with Gasteiger partial charge in [-0.2, -0.15) is 0 Å². The van der Waals surface area contributed by atoms with Gasteiger partial charge in [-0.25, -0.2) is 14.6 Å². The highest BCUT2D eigenvalue weighted by atomic mass is 16.5. The highest BCUT2D eigenvalue weighted by molar-refractivity contribution is 6.38. The first kappa shape index (κ1) is 21.7. The summed E-state index contributed by atoms with van der Waals surface area (Å²) in [6, 6.07) is 22.4. The number of hydrogen-bond donors (Lipinski definition) is 0. The van der Waals surface area contributed by atoms with E-state index in [4.69, 9.17) is 14.5 Å². The van der Waals surface area contributed by atoms with Gasteiger partial charge in [-0.3, -0.25) is 4.79 Å². The van der Waals surface area contributed by atoms with Crippen LogP contribution in [0.1, 0.15) is 22.0 Å². The quantitative estimate of drug-likeness (QED) is 0.273. The minimum Gasteiger partial charge on any atom is -0.467 e. The predicted octanol–water partition coefficient (Wildman–Crippen LogP) is 4.83. The van der Waals surface area contributed by atoms with Crippen LogP contribution in [-0.4, -0.2) is 41.5 Å². The molecule has 1 aliphatic carbocycles. The summed E-state index contributed by atoms with van der Waals surface area (Å²) in [6.45, 7) is 0. The van der Waals surface area contributed by atoms with Crippen molar-refractivity contribution < 1.29 is 23.9 Å². The molecule has 6 rings (SSSR count).